The Kier molecular flexibility index (Phi) is 3.34. The second kappa shape index (κ2) is 5.27. The molecular formula is C13H5N3O3. The van der Waals surface area contributed by atoms with Crippen LogP contribution in [0.5, 0.6) is 17.2 Å². The summed E-state index contributed by atoms with van der Waals surface area (Å²) in [6, 6.07) is 7.82. The molecule has 0 saturated carbocycles. The number of hydrogen-bond acceptors (Lipinski definition) is 6. The summed E-state index contributed by atoms with van der Waals surface area (Å²) in [7, 11) is 0. The Hall–Kier alpha value is -3.43. The van der Waals surface area contributed by atoms with Crippen LogP contribution in [0.2, 0.25) is 0 Å². The summed E-state index contributed by atoms with van der Waals surface area (Å²) in [5.74, 6) is 0.801. The van der Waals surface area contributed by atoms with Gasteiger partial charge in [0.15, 0.2) is 5.75 Å². The SMILES string of the molecule is N#COc1cc(OC#N)c2cc(OC#N)ccc2c1. The van der Waals surface area contributed by atoms with Crippen molar-refractivity contribution in [1.29, 1.82) is 15.8 Å². The molecule has 90 valence electrons. The topological polar surface area (TPSA) is 99.1 Å². The summed E-state index contributed by atoms with van der Waals surface area (Å²) in [6.45, 7) is 0. The highest BCUT2D eigenvalue weighted by Crippen LogP contribution is 2.33. The van der Waals surface area contributed by atoms with E-state index < -0.39 is 0 Å². The number of rotatable bonds is 3. The quantitative estimate of drug-likeness (QED) is 0.776. The molecule has 0 amide bonds. The van der Waals surface area contributed by atoms with Crippen molar-refractivity contribution in [3.63, 3.8) is 0 Å². The van der Waals surface area contributed by atoms with Crippen LogP contribution in [-0.2, 0) is 0 Å². The largest absolute Gasteiger partial charge is 0.388 e. The fourth-order valence-corrected chi connectivity index (χ4v) is 1.64. The normalized spacial score (nSPS) is 8.89. The molecule has 0 aliphatic carbocycles. The number of benzene rings is 2. The van der Waals surface area contributed by atoms with Crippen molar-refractivity contribution < 1.29 is 14.2 Å². The van der Waals surface area contributed by atoms with Crippen LogP contribution >= 0.6 is 0 Å². The van der Waals surface area contributed by atoms with Crippen LogP contribution in [-0.4, -0.2) is 0 Å². The highest BCUT2D eigenvalue weighted by Gasteiger charge is 2.08. The number of nitriles is 3. The molecule has 0 aromatic heterocycles. The van der Waals surface area contributed by atoms with Gasteiger partial charge in [-0.2, -0.15) is 0 Å². The van der Waals surface area contributed by atoms with E-state index in [1.807, 2.05) is 0 Å². The van der Waals surface area contributed by atoms with Crippen LogP contribution < -0.4 is 14.2 Å². The molecular weight excluding hydrogens is 246 g/mol. The molecule has 2 rings (SSSR count). The van der Waals surface area contributed by atoms with E-state index in [0.29, 0.717) is 16.5 Å². The first-order valence-electron chi connectivity index (χ1n) is 5.04. The maximum atomic E-state index is 8.61. The lowest BCUT2D eigenvalue weighted by Gasteiger charge is -2.06. The maximum absolute atomic E-state index is 8.61. The van der Waals surface area contributed by atoms with E-state index in [2.05, 4.69) is 0 Å². The molecule has 6 heteroatoms. The fraction of sp³-hybridized carbons (Fsp3) is 0. The molecule has 2 aromatic rings. The lowest BCUT2D eigenvalue weighted by Crippen LogP contribution is -1.89. The number of nitrogens with zero attached hydrogens (tertiary/aromatic N) is 3. The molecule has 2 aromatic carbocycles. The van der Waals surface area contributed by atoms with E-state index in [1.165, 1.54) is 6.07 Å². The predicted octanol–water partition coefficient (Wildman–Crippen LogP) is 2.42. The average molecular weight is 251 g/mol. The minimum absolute atomic E-state index is 0.216. The lowest BCUT2D eigenvalue weighted by atomic mass is 10.1. The van der Waals surface area contributed by atoms with Crippen LogP contribution in [0.4, 0.5) is 0 Å². The molecule has 0 saturated heterocycles. The minimum atomic E-state index is 0.216. The Morgan fingerprint density at radius 1 is 0.737 bits per heavy atom. The van der Waals surface area contributed by atoms with Gasteiger partial charge in [-0.1, -0.05) is 6.07 Å². The van der Waals surface area contributed by atoms with Gasteiger partial charge in [0.2, 0.25) is 0 Å². The van der Waals surface area contributed by atoms with Crippen LogP contribution in [0.25, 0.3) is 10.8 Å². The van der Waals surface area contributed by atoms with Gasteiger partial charge in [-0.25, -0.2) is 0 Å². The third kappa shape index (κ3) is 2.46. The molecule has 0 atom stereocenters. The minimum Gasteiger partial charge on any atom is -0.388 e. The Balaban J connectivity index is 2.63. The second-order valence-corrected chi connectivity index (χ2v) is 3.38. The lowest BCUT2D eigenvalue weighted by molar-refractivity contribution is 0.487. The summed E-state index contributed by atoms with van der Waals surface area (Å²) in [5.41, 5.74) is 0. The first-order valence-corrected chi connectivity index (χ1v) is 5.04. The van der Waals surface area contributed by atoms with Gasteiger partial charge < -0.3 is 14.2 Å². The molecule has 0 fully saturated rings. The monoisotopic (exact) mass is 251 g/mol. The Labute approximate surface area is 108 Å². The van der Waals surface area contributed by atoms with Crippen LogP contribution in [0.3, 0.4) is 0 Å². The first kappa shape index (κ1) is 12.0. The van der Waals surface area contributed by atoms with E-state index >= 15 is 0 Å². The summed E-state index contributed by atoms with van der Waals surface area (Å²) in [6.07, 6.45) is 4.65. The van der Waals surface area contributed by atoms with Gasteiger partial charge in [0.05, 0.1) is 0 Å². The summed E-state index contributed by atoms with van der Waals surface area (Å²) in [5, 5.41) is 26.8. The molecule has 0 N–H and O–H groups in total. The molecule has 0 unspecified atom stereocenters. The molecule has 0 aliphatic heterocycles. The third-order valence-corrected chi connectivity index (χ3v) is 2.34. The number of ether oxygens (including phenoxy) is 3. The number of fused-ring (bicyclic) bond motifs is 1. The summed E-state index contributed by atoms with van der Waals surface area (Å²) < 4.78 is 14.2. The Morgan fingerprint density at radius 2 is 1.42 bits per heavy atom. The van der Waals surface area contributed by atoms with Gasteiger partial charge in [-0.15, -0.1) is 15.8 Å². The second-order valence-electron chi connectivity index (χ2n) is 3.38. The van der Waals surface area contributed by atoms with Crippen molar-refractivity contribution in [3.8, 4) is 36.0 Å². The van der Waals surface area contributed by atoms with Crippen LogP contribution in [0.1, 0.15) is 0 Å². The number of hydrogen-bond donors (Lipinski definition) is 0. The standard InChI is InChI=1S/C13H5N3O3/c14-6-17-10-2-1-9-3-11(18-7-15)5-13(19-8-16)12(9)4-10/h1-5H. The smallest absolute Gasteiger partial charge is 0.292 e. The third-order valence-electron chi connectivity index (χ3n) is 2.34. The van der Waals surface area contributed by atoms with E-state index in [1.54, 1.807) is 43.0 Å². The van der Waals surface area contributed by atoms with Gasteiger partial charge in [-0.3, -0.25) is 0 Å². The summed E-state index contributed by atoms with van der Waals surface area (Å²) in [4.78, 5) is 0. The zero-order valence-electron chi connectivity index (χ0n) is 9.45. The van der Waals surface area contributed by atoms with E-state index in [-0.39, 0.29) is 11.5 Å². The van der Waals surface area contributed by atoms with Crippen molar-refractivity contribution in [3.05, 3.63) is 30.3 Å². The molecule has 6 nitrogen and oxygen atoms in total. The van der Waals surface area contributed by atoms with Crippen molar-refractivity contribution in [2.75, 3.05) is 0 Å². The van der Waals surface area contributed by atoms with Gasteiger partial charge in [0.1, 0.15) is 11.5 Å². The van der Waals surface area contributed by atoms with Gasteiger partial charge in [0, 0.05) is 11.5 Å². The van der Waals surface area contributed by atoms with Crippen LogP contribution in [0.15, 0.2) is 30.3 Å². The van der Waals surface area contributed by atoms with E-state index in [0.717, 1.165) is 0 Å². The van der Waals surface area contributed by atoms with Crippen molar-refractivity contribution in [2.24, 2.45) is 0 Å². The van der Waals surface area contributed by atoms with E-state index in [4.69, 9.17) is 30.0 Å². The first-order chi connectivity index (χ1) is 9.28. The summed E-state index contributed by atoms with van der Waals surface area (Å²) >= 11 is 0. The zero-order valence-corrected chi connectivity index (χ0v) is 9.45. The molecule has 0 radical (unpaired) electrons. The van der Waals surface area contributed by atoms with Gasteiger partial charge in [0.25, 0.3) is 18.8 Å². The van der Waals surface area contributed by atoms with Crippen molar-refractivity contribution >= 4 is 10.8 Å². The predicted molar refractivity (Wildman–Crippen MR) is 62.7 cm³/mol. The van der Waals surface area contributed by atoms with Crippen molar-refractivity contribution in [2.45, 2.75) is 0 Å². The highest BCUT2D eigenvalue weighted by atomic mass is 16.5. The molecule has 0 bridgehead atoms. The maximum Gasteiger partial charge on any atom is 0.292 e. The van der Waals surface area contributed by atoms with Gasteiger partial charge in [-0.05, 0) is 23.6 Å². The van der Waals surface area contributed by atoms with Crippen LogP contribution in [0, 0.1) is 34.6 Å². The molecule has 19 heavy (non-hydrogen) atoms. The van der Waals surface area contributed by atoms with Crippen molar-refractivity contribution in [1.82, 2.24) is 0 Å². The average Bonchev–Trinajstić information content (AvgIpc) is 2.40. The van der Waals surface area contributed by atoms with Gasteiger partial charge >= 0.3 is 0 Å². The van der Waals surface area contributed by atoms with E-state index in [9.17, 15) is 0 Å². The fourth-order valence-electron chi connectivity index (χ4n) is 1.64. The Bertz CT molecular complexity index is 751. The molecule has 0 spiro atoms. The molecule has 0 aliphatic rings. The Morgan fingerprint density at radius 3 is 2.11 bits per heavy atom. The highest BCUT2D eigenvalue weighted by molar-refractivity contribution is 5.91. The zero-order chi connectivity index (χ0) is 13.7. The molecule has 0 heterocycles.